The van der Waals surface area contributed by atoms with Gasteiger partial charge in [-0.05, 0) is 35.4 Å². The van der Waals surface area contributed by atoms with Crippen molar-refractivity contribution in [2.75, 3.05) is 11.9 Å². The summed E-state index contributed by atoms with van der Waals surface area (Å²) in [5.74, 6) is -0.153. The van der Waals surface area contributed by atoms with Crippen molar-refractivity contribution in [1.82, 2.24) is 4.57 Å². The second-order valence-electron chi connectivity index (χ2n) is 7.60. The van der Waals surface area contributed by atoms with Crippen LogP contribution in [0.1, 0.15) is 11.1 Å². The molecule has 5 heteroatoms. The third-order valence-corrected chi connectivity index (χ3v) is 7.17. The minimum Gasteiger partial charge on any atom is -0.379 e. The number of thioether (sulfide) groups is 1. The number of carbonyl (C=O) groups is 1. The first-order valence-electron chi connectivity index (χ1n) is 10.1. The third kappa shape index (κ3) is 3.17. The van der Waals surface area contributed by atoms with E-state index in [9.17, 15) is 9.90 Å². The summed E-state index contributed by atoms with van der Waals surface area (Å²) in [5, 5.41) is 12.4. The summed E-state index contributed by atoms with van der Waals surface area (Å²) in [7, 11) is 1.78. The minimum atomic E-state index is -1.51. The largest absolute Gasteiger partial charge is 0.379 e. The summed E-state index contributed by atoms with van der Waals surface area (Å²) in [6, 6.07) is 30.7. The molecule has 1 amide bonds. The van der Waals surface area contributed by atoms with Crippen molar-refractivity contribution in [2.24, 2.45) is 0 Å². The molecule has 0 bridgehead atoms. The van der Waals surface area contributed by atoms with E-state index in [-0.39, 0.29) is 5.91 Å². The van der Waals surface area contributed by atoms with Gasteiger partial charge in [0.25, 0.3) is 0 Å². The fraction of sp³-hybridized carbons (Fsp3) is 0.115. The number of anilines is 1. The van der Waals surface area contributed by atoms with E-state index in [1.54, 1.807) is 11.9 Å². The van der Waals surface area contributed by atoms with Gasteiger partial charge < -0.3 is 14.6 Å². The van der Waals surface area contributed by atoms with Crippen molar-refractivity contribution >= 4 is 23.4 Å². The molecule has 0 spiro atoms. The molecule has 3 aromatic carbocycles. The van der Waals surface area contributed by atoms with Crippen LogP contribution >= 0.6 is 11.8 Å². The van der Waals surface area contributed by atoms with Crippen molar-refractivity contribution < 1.29 is 9.90 Å². The molecule has 1 aliphatic heterocycles. The van der Waals surface area contributed by atoms with Crippen LogP contribution < -0.4 is 4.90 Å². The Hall–Kier alpha value is -3.28. The zero-order valence-electron chi connectivity index (χ0n) is 17.1. The second-order valence-corrected chi connectivity index (χ2v) is 8.72. The summed E-state index contributed by atoms with van der Waals surface area (Å²) < 4.78 is 2.08. The van der Waals surface area contributed by atoms with Crippen LogP contribution in [0.15, 0.2) is 108 Å². The minimum absolute atomic E-state index is 0.153. The molecule has 1 aliphatic rings. The summed E-state index contributed by atoms with van der Waals surface area (Å²) in [5.41, 5.74) is 1.60. The van der Waals surface area contributed by atoms with Crippen LogP contribution in [0.5, 0.6) is 0 Å². The van der Waals surface area contributed by atoms with Crippen LogP contribution in [0.25, 0.3) is 5.69 Å². The lowest BCUT2D eigenvalue weighted by Gasteiger charge is -2.39. The molecule has 0 radical (unpaired) electrons. The van der Waals surface area contributed by atoms with Crippen LogP contribution in [-0.4, -0.2) is 27.9 Å². The number of aliphatic hydroxyl groups is 1. The zero-order valence-corrected chi connectivity index (χ0v) is 17.9. The van der Waals surface area contributed by atoms with Crippen molar-refractivity contribution in [3.8, 4) is 5.69 Å². The van der Waals surface area contributed by atoms with Crippen molar-refractivity contribution in [2.45, 2.75) is 15.9 Å². The molecule has 1 aromatic heterocycles. The van der Waals surface area contributed by atoms with E-state index in [2.05, 4.69) is 4.57 Å². The Morgan fingerprint density at radius 1 is 0.774 bits per heavy atom. The van der Waals surface area contributed by atoms with Crippen molar-refractivity contribution in [3.63, 3.8) is 0 Å². The Labute approximate surface area is 185 Å². The topological polar surface area (TPSA) is 45.5 Å². The number of nitrogens with zero attached hydrogens (tertiary/aromatic N) is 2. The fourth-order valence-corrected chi connectivity index (χ4v) is 5.57. The first-order chi connectivity index (χ1) is 15.1. The number of aromatic nitrogens is 1. The summed E-state index contributed by atoms with van der Waals surface area (Å²) in [4.78, 5) is 15.6. The molecule has 0 aliphatic carbocycles. The Bertz CT molecular complexity index is 1180. The first-order valence-corrected chi connectivity index (χ1v) is 11.0. The Morgan fingerprint density at radius 3 is 1.94 bits per heavy atom. The van der Waals surface area contributed by atoms with Crippen LogP contribution in [0.2, 0.25) is 0 Å². The fourth-order valence-electron chi connectivity index (χ4n) is 4.20. The maximum absolute atomic E-state index is 13.9. The lowest BCUT2D eigenvalue weighted by molar-refractivity contribution is -0.121. The number of rotatable bonds is 3. The van der Waals surface area contributed by atoms with Crippen molar-refractivity contribution in [1.29, 1.82) is 0 Å². The molecule has 4 aromatic rings. The standard InChI is InChI=1S/C26H22N2O2S/c1-27-21-15-8-9-16-22(21)28-18-10-17-23(28)31-24(25(27)29)26(30,19-11-4-2-5-12-19)20-13-6-3-7-14-20/h2-18,24,30H,1H3. The SMILES string of the molecule is CN1C(=O)C(C(O)(c2ccccc2)c2ccccc2)Sc2cccn2-c2ccccc21. The summed E-state index contributed by atoms with van der Waals surface area (Å²) in [6.45, 7) is 0. The average Bonchev–Trinajstić information content (AvgIpc) is 3.29. The Morgan fingerprint density at radius 2 is 1.32 bits per heavy atom. The lowest BCUT2D eigenvalue weighted by Crippen LogP contribution is -2.49. The van der Waals surface area contributed by atoms with Crippen LogP contribution in [0, 0.1) is 0 Å². The molecule has 1 atom stereocenters. The van der Waals surface area contributed by atoms with E-state index in [4.69, 9.17) is 0 Å². The number of para-hydroxylation sites is 2. The van der Waals surface area contributed by atoms with Gasteiger partial charge in [0, 0.05) is 13.2 Å². The van der Waals surface area contributed by atoms with Gasteiger partial charge in [-0.15, -0.1) is 0 Å². The van der Waals surface area contributed by atoms with Crippen LogP contribution in [-0.2, 0) is 10.4 Å². The van der Waals surface area contributed by atoms with Gasteiger partial charge >= 0.3 is 0 Å². The number of amides is 1. The van der Waals surface area contributed by atoms with Crippen LogP contribution in [0.4, 0.5) is 5.69 Å². The number of fused-ring (bicyclic) bond motifs is 3. The van der Waals surface area contributed by atoms with Gasteiger partial charge in [-0.3, -0.25) is 4.79 Å². The molecule has 2 heterocycles. The molecule has 4 nitrogen and oxygen atoms in total. The van der Waals surface area contributed by atoms with Crippen LogP contribution in [0.3, 0.4) is 0 Å². The van der Waals surface area contributed by atoms with Gasteiger partial charge in [0.2, 0.25) is 5.91 Å². The highest BCUT2D eigenvalue weighted by Gasteiger charge is 2.47. The number of hydrogen-bond acceptors (Lipinski definition) is 3. The number of benzene rings is 3. The number of carbonyl (C=O) groups excluding carboxylic acids is 1. The lowest BCUT2D eigenvalue weighted by atomic mass is 9.82. The maximum atomic E-state index is 13.9. The molecule has 0 saturated carbocycles. The highest BCUT2D eigenvalue weighted by atomic mass is 32.2. The van der Waals surface area contributed by atoms with Gasteiger partial charge in [0.05, 0.1) is 16.4 Å². The molecule has 0 fully saturated rings. The Balaban J connectivity index is 1.74. The van der Waals surface area contributed by atoms with Gasteiger partial charge in [0.15, 0.2) is 0 Å². The highest BCUT2D eigenvalue weighted by molar-refractivity contribution is 8.00. The molecule has 31 heavy (non-hydrogen) atoms. The molecule has 154 valence electrons. The monoisotopic (exact) mass is 426 g/mol. The van der Waals surface area contributed by atoms with Gasteiger partial charge in [-0.1, -0.05) is 84.6 Å². The molecule has 1 unspecified atom stereocenters. The Kier molecular flexibility index (Phi) is 4.93. The van der Waals surface area contributed by atoms with E-state index in [1.807, 2.05) is 103 Å². The smallest absolute Gasteiger partial charge is 0.244 e. The average molecular weight is 427 g/mol. The zero-order chi connectivity index (χ0) is 21.4. The molecular formula is C26H22N2O2S. The summed E-state index contributed by atoms with van der Waals surface area (Å²) >= 11 is 1.39. The van der Waals surface area contributed by atoms with E-state index in [1.165, 1.54) is 11.8 Å². The van der Waals surface area contributed by atoms with E-state index >= 15 is 0 Å². The van der Waals surface area contributed by atoms with Gasteiger partial charge in [-0.2, -0.15) is 0 Å². The predicted molar refractivity (Wildman–Crippen MR) is 125 cm³/mol. The third-order valence-electron chi connectivity index (χ3n) is 5.81. The molecular weight excluding hydrogens is 404 g/mol. The molecule has 1 N–H and O–H groups in total. The molecule has 5 rings (SSSR count). The van der Waals surface area contributed by atoms with E-state index in [0.717, 1.165) is 16.4 Å². The van der Waals surface area contributed by atoms with E-state index in [0.29, 0.717) is 11.1 Å². The number of hydrogen-bond donors (Lipinski definition) is 1. The van der Waals surface area contributed by atoms with E-state index < -0.39 is 10.9 Å². The first kappa shape index (κ1) is 19.7. The quantitative estimate of drug-likeness (QED) is 0.509. The van der Waals surface area contributed by atoms with Gasteiger partial charge in [-0.25, -0.2) is 0 Å². The molecule has 0 saturated heterocycles. The van der Waals surface area contributed by atoms with Crippen molar-refractivity contribution in [3.05, 3.63) is 114 Å². The second kappa shape index (κ2) is 7.76. The highest BCUT2D eigenvalue weighted by Crippen LogP contribution is 2.45. The van der Waals surface area contributed by atoms with Gasteiger partial charge in [0.1, 0.15) is 10.9 Å². The normalized spacial score (nSPS) is 16.3. The summed E-state index contributed by atoms with van der Waals surface area (Å²) in [6.07, 6.45) is 1.99. The predicted octanol–water partition coefficient (Wildman–Crippen LogP) is 4.85. The maximum Gasteiger partial charge on any atom is 0.244 e.